The summed E-state index contributed by atoms with van der Waals surface area (Å²) in [5.41, 5.74) is 0. The second-order valence-corrected chi connectivity index (χ2v) is 35.0. The number of aliphatic hydroxyl groups is 1. The molecule has 0 aliphatic rings. The van der Waals surface area contributed by atoms with Gasteiger partial charge in [-0.1, -0.05) is 402 Å². The zero-order valence-electron chi connectivity index (χ0n) is 69.2. The fraction of sp³-hybridized carbons (Fsp3) is 0.953. The predicted octanol–water partition coefficient (Wildman–Crippen LogP) is 26.1. The number of carbonyl (C=O) groups excluding carboxylic acids is 4. The van der Waals surface area contributed by atoms with Crippen molar-refractivity contribution >= 4 is 39.5 Å². The van der Waals surface area contributed by atoms with Crippen LogP contribution in [-0.4, -0.2) is 96.7 Å². The number of esters is 4. The standard InChI is InChI=1S/C86H168O17P2/c1-8-10-11-12-13-36-46-53-60-67-83(88)96-73-81(102-85(90)70-63-56-49-42-35-29-23-21-25-31-38-44-51-58-65-78(5)6)75-100-104(92,93)98-71-80(87)72-99-105(94,95)101-76-82(74-97-84(89)68-61-54-47-40-33-27-22-20-24-30-37-43-50-57-64-77(3)4)103-86(91)69-62-55-48-41-34-28-19-17-15-14-16-18-26-32-39-45-52-59-66-79(7)9-2/h77-82,87H,8-76H2,1-7H3,(H,92,93)(H,94,95)/t79?,80-,81+,82+/m0/s1. The molecule has 0 aromatic carbocycles. The number of phosphoric ester groups is 2. The Morgan fingerprint density at radius 1 is 0.276 bits per heavy atom. The van der Waals surface area contributed by atoms with Crippen LogP contribution in [0.5, 0.6) is 0 Å². The number of rotatable bonds is 84. The molecular weight excluding hydrogens is 1370 g/mol. The van der Waals surface area contributed by atoms with Crippen LogP contribution in [0.25, 0.3) is 0 Å². The molecule has 0 aromatic rings. The number of ether oxygens (including phenoxy) is 4. The van der Waals surface area contributed by atoms with E-state index in [1.807, 2.05) is 0 Å². The third-order valence-electron chi connectivity index (χ3n) is 20.5. The Balaban J connectivity index is 5.21. The van der Waals surface area contributed by atoms with E-state index in [1.165, 1.54) is 263 Å². The zero-order chi connectivity index (χ0) is 77.2. The van der Waals surface area contributed by atoms with Crippen molar-refractivity contribution in [1.29, 1.82) is 0 Å². The highest BCUT2D eigenvalue weighted by Gasteiger charge is 2.30. The van der Waals surface area contributed by atoms with E-state index < -0.39 is 97.5 Å². The van der Waals surface area contributed by atoms with E-state index in [4.69, 9.17) is 37.0 Å². The Labute approximate surface area is 645 Å². The fourth-order valence-corrected chi connectivity index (χ4v) is 14.9. The van der Waals surface area contributed by atoms with Crippen molar-refractivity contribution in [3.8, 4) is 0 Å². The maximum absolute atomic E-state index is 13.1. The van der Waals surface area contributed by atoms with Crippen molar-refractivity contribution in [2.45, 2.75) is 471 Å². The second-order valence-electron chi connectivity index (χ2n) is 32.1. The number of hydrogen-bond acceptors (Lipinski definition) is 15. The van der Waals surface area contributed by atoms with Gasteiger partial charge in [0.1, 0.15) is 19.3 Å². The van der Waals surface area contributed by atoms with Crippen molar-refractivity contribution in [2.75, 3.05) is 39.6 Å². The minimum atomic E-state index is -4.97. The molecule has 0 bridgehead atoms. The van der Waals surface area contributed by atoms with Crippen molar-refractivity contribution in [3.63, 3.8) is 0 Å². The summed E-state index contributed by atoms with van der Waals surface area (Å²) in [5.74, 6) is 0.360. The molecule has 19 heteroatoms. The summed E-state index contributed by atoms with van der Waals surface area (Å²) < 4.78 is 68.8. The Kier molecular flexibility index (Phi) is 74.7. The van der Waals surface area contributed by atoms with Gasteiger partial charge in [-0.2, -0.15) is 0 Å². The number of phosphoric acid groups is 2. The first-order valence-electron chi connectivity index (χ1n) is 44.4. The molecule has 0 radical (unpaired) electrons. The Hall–Kier alpha value is -1.94. The lowest BCUT2D eigenvalue weighted by Crippen LogP contribution is -2.30. The number of carbonyl (C=O) groups is 4. The quantitative estimate of drug-likeness (QED) is 0.0222. The van der Waals surface area contributed by atoms with E-state index in [9.17, 15) is 43.2 Å². The first-order valence-corrected chi connectivity index (χ1v) is 47.4. The molecule has 0 rings (SSSR count). The van der Waals surface area contributed by atoms with Crippen LogP contribution in [0.1, 0.15) is 453 Å². The lowest BCUT2D eigenvalue weighted by molar-refractivity contribution is -0.161. The third kappa shape index (κ3) is 78.5. The summed E-state index contributed by atoms with van der Waals surface area (Å²) in [6.07, 6.45) is 66.6. The van der Waals surface area contributed by atoms with Crippen molar-refractivity contribution < 1.29 is 80.2 Å². The molecule has 3 N–H and O–H groups in total. The molecule has 0 aliphatic carbocycles. The van der Waals surface area contributed by atoms with E-state index in [0.29, 0.717) is 25.7 Å². The Morgan fingerprint density at radius 3 is 0.724 bits per heavy atom. The van der Waals surface area contributed by atoms with Crippen LogP contribution in [0, 0.1) is 17.8 Å². The molecule has 0 aliphatic heterocycles. The first-order chi connectivity index (χ1) is 50.8. The normalized spacial score (nSPS) is 14.1. The van der Waals surface area contributed by atoms with Crippen LogP contribution in [-0.2, 0) is 65.4 Å². The molecule has 17 nitrogen and oxygen atoms in total. The largest absolute Gasteiger partial charge is 0.472 e. The highest BCUT2D eigenvalue weighted by Crippen LogP contribution is 2.45. The highest BCUT2D eigenvalue weighted by molar-refractivity contribution is 7.47. The van der Waals surface area contributed by atoms with E-state index in [2.05, 4.69) is 48.5 Å². The molecule has 0 spiro atoms. The minimum absolute atomic E-state index is 0.108. The Morgan fingerprint density at radius 2 is 0.486 bits per heavy atom. The van der Waals surface area contributed by atoms with E-state index in [-0.39, 0.29) is 25.7 Å². The smallest absolute Gasteiger partial charge is 0.462 e. The lowest BCUT2D eigenvalue weighted by atomic mass is 9.99. The molecule has 0 saturated heterocycles. The van der Waals surface area contributed by atoms with Gasteiger partial charge in [-0.05, 0) is 43.4 Å². The average molecular weight is 1540 g/mol. The van der Waals surface area contributed by atoms with Crippen LogP contribution < -0.4 is 0 Å². The zero-order valence-corrected chi connectivity index (χ0v) is 71.0. The van der Waals surface area contributed by atoms with Crippen molar-refractivity contribution in [1.82, 2.24) is 0 Å². The number of aliphatic hydroxyl groups excluding tert-OH is 1. The van der Waals surface area contributed by atoms with E-state index in [0.717, 1.165) is 108 Å². The predicted molar refractivity (Wildman–Crippen MR) is 432 cm³/mol. The molecule has 105 heavy (non-hydrogen) atoms. The summed E-state index contributed by atoms with van der Waals surface area (Å²) in [6, 6.07) is 0. The average Bonchev–Trinajstić information content (AvgIpc) is 1.04. The van der Waals surface area contributed by atoms with Crippen LogP contribution in [0.3, 0.4) is 0 Å². The second kappa shape index (κ2) is 76.1. The molecule has 0 amide bonds. The van der Waals surface area contributed by atoms with Gasteiger partial charge in [-0.25, -0.2) is 9.13 Å². The highest BCUT2D eigenvalue weighted by atomic mass is 31.2. The van der Waals surface area contributed by atoms with Crippen LogP contribution in [0.4, 0.5) is 0 Å². The molecule has 0 saturated carbocycles. The van der Waals surface area contributed by atoms with Gasteiger partial charge in [0.05, 0.1) is 26.4 Å². The topological polar surface area (TPSA) is 237 Å². The fourth-order valence-electron chi connectivity index (χ4n) is 13.3. The molecule has 0 fully saturated rings. The van der Waals surface area contributed by atoms with Crippen molar-refractivity contribution in [3.05, 3.63) is 0 Å². The molecule has 0 aromatic heterocycles. The van der Waals surface area contributed by atoms with Crippen LogP contribution >= 0.6 is 15.6 Å². The lowest BCUT2D eigenvalue weighted by Gasteiger charge is -2.21. The maximum atomic E-state index is 13.1. The van der Waals surface area contributed by atoms with Gasteiger partial charge < -0.3 is 33.8 Å². The van der Waals surface area contributed by atoms with Gasteiger partial charge in [0.25, 0.3) is 0 Å². The van der Waals surface area contributed by atoms with Crippen LogP contribution in [0.15, 0.2) is 0 Å². The van der Waals surface area contributed by atoms with Gasteiger partial charge in [0, 0.05) is 25.7 Å². The van der Waals surface area contributed by atoms with Gasteiger partial charge in [-0.3, -0.25) is 37.3 Å². The number of unbranched alkanes of at least 4 members (excludes halogenated alkanes) is 51. The van der Waals surface area contributed by atoms with E-state index >= 15 is 0 Å². The molecule has 624 valence electrons. The van der Waals surface area contributed by atoms with Gasteiger partial charge in [0.15, 0.2) is 12.2 Å². The summed E-state index contributed by atoms with van der Waals surface area (Å²) in [4.78, 5) is 73.2. The molecule has 6 atom stereocenters. The molecular formula is C86H168O17P2. The van der Waals surface area contributed by atoms with E-state index in [1.54, 1.807) is 0 Å². The molecule has 0 heterocycles. The van der Waals surface area contributed by atoms with Gasteiger partial charge in [-0.15, -0.1) is 0 Å². The SMILES string of the molecule is CCCCCCCCCCCC(=O)OC[C@H](COP(=O)(O)OC[C@H](O)COP(=O)(O)OC[C@@H](COC(=O)CCCCCCCCCCCCCCCCC(C)C)OC(=O)CCCCCCCCCCCCCCCCCCCCC(C)CC)OC(=O)CCCCCCCCCCCCCCCCC(C)C. The van der Waals surface area contributed by atoms with Crippen LogP contribution in [0.2, 0.25) is 0 Å². The Bertz CT molecular complexity index is 2030. The molecule has 3 unspecified atom stereocenters. The summed E-state index contributed by atoms with van der Waals surface area (Å²) in [5, 5.41) is 10.7. The monoisotopic (exact) mass is 1540 g/mol. The summed E-state index contributed by atoms with van der Waals surface area (Å²) in [6.45, 7) is 12.1. The summed E-state index contributed by atoms with van der Waals surface area (Å²) >= 11 is 0. The summed E-state index contributed by atoms with van der Waals surface area (Å²) in [7, 11) is -9.93. The van der Waals surface area contributed by atoms with Gasteiger partial charge in [0.2, 0.25) is 0 Å². The third-order valence-corrected chi connectivity index (χ3v) is 22.4. The maximum Gasteiger partial charge on any atom is 0.472 e. The number of hydrogen-bond donors (Lipinski definition) is 3. The van der Waals surface area contributed by atoms with Crippen molar-refractivity contribution in [2.24, 2.45) is 17.8 Å². The first kappa shape index (κ1) is 103. The minimum Gasteiger partial charge on any atom is -0.462 e. The van der Waals surface area contributed by atoms with Gasteiger partial charge >= 0.3 is 39.5 Å².